The van der Waals surface area contributed by atoms with Gasteiger partial charge in [-0.25, -0.2) is 0 Å². The van der Waals surface area contributed by atoms with Gasteiger partial charge in [-0.15, -0.1) is 0 Å². The van der Waals surface area contributed by atoms with Crippen LogP contribution in [0.2, 0.25) is 0 Å². The third kappa shape index (κ3) is 3.72. The number of carboxylic acid groups (broad SMARTS) is 1. The van der Waals surface area contributed by atoms with Crippen LogP contribution in [0, 0.1) is 22.7 Å². The van der Waals surface area contributed by atoms with Crippen LogP contribution in [0.15, 0.2) is 18.2 Å². The molecule has 0 aromatic heterocycles. The summed E-state index contributed by atoms with van der Waals surface area (Å²) in [6.07, 6.45) is 0. The average Bonchev–Trinajstić information content (AvgIpc) is 2.36. The van der Waals surface area contributed by atoms with E-state index in [-0.39, 0.29) is 11.3 Å². The lowest BCUT2D eigenvalue weighted by molar-refractivity contribution is -0.149. The zero-order valence-corrected chi connectivity index (χ0v) is 12.4. The van der Waals surface area contributed by atoms with Crippen LogP contribution < -0.4 is 10.1 Å². The SMILES string of the molecule is COc1cccc(C#N)c1NC(=O)C(C(=O)O)C(C)(C)C. The van der Waals surface area contributed by atoms with Crippen molar-refractivity contribution in [2.75, 3.05) is 12.4 Å². The molecule has 0 aliphatic heterocycles. The van der Waals surface area contributed by atoms with E-state index in [1.807, 2.05) is 6.07 Å². The van der Waals surface area contributed by atoms with Crippen LogP contribution in [0.3, 0.4) is 0 Å². The molecule has 0 aliphatic carbocycles. The van der Waals surface area contributed by atoms with E-state index in [4.69, 9.17) is 10.00 Å². The van der Waals surface area contributed by atoms with Gasteiger partial charge in [0.1, 0.15) is 23.4 Å². The van der Waals surface area contributed by atoms with Gasteiger partial charge in [-0.05, 0) is 17.5 Å². The molecule has 112 valence electrons. The summed E-state index contributed by atoms with van der Waals surface area (Å²) < 4.78 is 5.10. The number of nitrogens with one attached hydrogen (secondary N) is 1. The Morgan fingerprint density at radius 3 is 2.43 bits per heavy atom. The lowest BCUT2D eigenvalue weighted by atomic mass is 9.80. The second-order valence-corrected chi connectivity index (χ2v) is 5.62. The summed E-state index contributed by atoms with van der Waals surface area (Å²) >= 11 is 0. The molecule has 0 heterocycles. The highest BCUT2D eigenvalue weighted by Gasteiger charge is 2.38. The molecule has 1 atom stereocenters. The number of carbonyl (C=O) groups excluding carboxylic acids is 1. The van der Waals surface area contributed by atoms with Gasteiger partial charge in [0.15, 0.2) is 0 Å². The number of carbonyl (C=O) groups is 2. The van der Waals surface area contributed by atoms with Gasteiger partial charge < -0.3 is 15.2 Å². The number of methoxy groups -OCH3 is 1. The predicted octanol–water partition coefficient (Wildman–Crippen LogP) is 2.25. The minimum absolute atomic E-state index is 0.183. The van der Waals surface area contributed by atoms with Crippen molar-refractivity contribution in [3.63, 3.8) is 0 Å². The van der Waals surface area contributed by atoms with Crippen molar-refractivity contribution >= 4 is 17.6 Å². The standard InChI is InChI=1S/C15H18N2O4/c1-15(2,3)11(14(19)20)13(18)17-12-9(8-16)6-5-7-10(12)21-4/h5-7,11H,1-4H3,(H,17,18)(H,19,20). The van der Waals surface area contributed by atoms with E-state index < -0.39 is 23.2 Å². The maximum absolute atomic E-state index is 12.3. The summed E-state index contributed by atoms with van der Waals surface area (Å²) in [5, 5.41) is 20.8. The second kappa shape index (κ2) is 6.27. The quantitative estimate of drug-likeness (QED) is 0.828. The molecule has 1 unspecified atom stereocenters. The number of nitriles is 1. The number of nitrogens with zero attached hydrogens (tertiary/aromatic N) is 1. The number of hydrogen-bond donors (Lipinski definition) is 2. The van der Waals surface area contributed by atoms with Crippen molar-refractivity contribution in [3.05, 3.63) is 23.8 Å². The highest BCUT2D eigenvalue weighted by atomic mass is 16.5. The molecule has 1 amide bonds. The number of para-hydroxylation sites is 1. The third-order valence-corrected chi connectivity index (χ3v) is 2.99. The van der Waals surface area contributed by atoms with E-state index in [2.05, 4.69) is 5.32 Å². The lowest BCUT2D eigenvalue weighted by Crippen LogP contribution is -2.39. The van der Waals surface area contributed by atoms with Crippen molar-refractivity contribution in [2.24, 2.45) is 11.3 Å². The zero-order valence-electron chi connectivity index (χ0n) is 12.4. The zero-order chi connectivity index (χ0) is 16.2. The van der Waals surface area contributed by atoms with Crippen LogP contribution in [0.4, 0.5) is 5.69 Å². The van der Waals surface area contributed by atoms with Crippen molar-refractivity contribution in [2.45, 2.75) is 20.8 Å². The van der Waals surface area contributed by atoms with Gasteiger partial charge in [0, 0.05) is 0 Å². The molecule has 0 radical (unpaired) electrons. The van der Waals surface area contributed by atoms with Gasteiger partial charge in [-0.2, -0.15) is 5.26 Å². The summed E-state index contributed by atoms with van der Waals surface area (Å²) in [5.74, 6) is -2.83. The fourth-order valence-corrected chi connectivity index (χ4v) is 1.99. The number of ether oxygens (including phenoxy) is 1. The van der Waals surface area contributed by atoms with Gasteiger partial charge in [0.2, 0.25) is 5.91 Å². The number of hydrogen-bond acceptors (Lipinski definition) is 4. The van der Waals surface area contributed by atoms with Crippen molar-refractivity contribution in [1.29, 1.82) is 5.26 Å². The second-order valence-electron chi connectivity index (χ2n) is 5.62. The summed E-state index contributed by atoms with van der Waals surface area (Å²) in [6.45, 7) is 5.00. The van der Waals surface area contributed by atoms with E-state index >= 15 is 0 Å². The van der Waals surface area contributed by atoms with Crippen molar-refractivity contribution in [3.8, 4) is 11.8 Å². The molecule has 1 aromatic carbocycles. The Balaban J connectivity index is 3.19. The number of amides is 1. The first-order valence-electron chi connectivity index (χ1n) is 6.33. The first kappa shape index (κ1) is 16.5. The molecule has 0 aliphatic rings. The fraction of sp³-hybridized carbons (Fsp3) is 0.400. The highest BCUT2D eigenvalue weighted by molar-refractivity contribution is 6.06. The Bertz CT molecular complexity index is 597. The molecule has 6 heteroatoms. The number of anilines is 1. The maximum Gasteiger partial charge on any atom is 0.316 e. The lowest BCUT2D eigenvalue weighted by Gasteiger charge is -2.26. The highest BCUT2D eigenvalue weighted by Crippen LogP contribution is 2.31. The number of carboxylic acids is 1. The first-order chi connectivity index (χ1) is 9.72. The van der Waals surface area contributed by atoms with Crippen LogP contribution in [0.5, 0.6) is 5.75 Å². The topological polar surface area (TPSA) is 99.4 Å². The normalized spacial score (nSPS) is 12.1. The minimum atomic E-state index is -1.24. The van der Waals surface area contributed by atoms with Gasteiger partial charge in [-0.1, -0.05) is 26.8 Å². The molecule has 21 heavy (non-hydrogen) atoms. The van der Waals surface area contributed by atoms with Gasteiger partial charge in [0.05, 0.1) is 12.7 Å². The number of aliphatic carboxylic acids is 1. The fourth-order valence-electron chi connectivity index (χ4n) is 1.99. The molecule has 6 nitrogen and oxygen atoms in total. The summed E-state index contributed by atoms with van der Waals surface area (Å²) in [7, 11) is 1.41. The Kier molecular flexibility index (Phi) is 4.93. The Morgan fingerprint density at radius 1 is 1.38 bits per heavy atom. The van der Waals surface area contributed by atoms with Gasteiger partial charge in [-0.3, -0.25) is 9.59 Å². The molecule has 0 bridgehead atoms. The smallest absolute Gasteiger partial charge is 0.316 e. The molecule has 0 saturated carbocycles. The van der Waals surface area contributed by atoms with Crippen LogP contribution >= 0.6 is 0 Å². The van der Waals surface area contributed by atoms with Gasteiger partial charge in [0.25, 0.3) is 0 Å². The monoisotopic (exact) mass is 290 g/mol. The molecule has 1 aromatic rings. The van der Waals surface area contributed by atoms with Crippen LogP contribution in [0.1, 0.15) is 26.3 Å². The van der Waals surface area contributed by atoms with Crippen LogP contribution in [0.25, 0.3) is 0 Å². The predicted molar refractivity (Wildman–Crippen MR) is 76.9 cm³/mol. The molecule has 0 spiro atoms. The number of benzene rings is 1. The van der Waals surface area contributed by atoms with Gasteiger partial charge >= 0.3 is 5.97 Å². The Morgan fingerprint density at radius 2 is 2.00 bits per heavy atom. The molecule has 0 fully saturated rings. The summed E-state index contributed by atoms with van der Waals surface area (Å²) in [4.78, 5) is 23.6. The van der Waals surface area contributed by atoms with Crippen molar-refractivity contribution < 1.29 is 19.4 Å². The van der Waals surface area contributed by atoms with E-state index in [1.54, 1.807) is 32.9 Å². The molecule has 0 saturated heterocycles. The average molecular weight is 290 g/mol. The first-order valence-corrected chi connectivity index (χ1v) is 6.33. The number of rotatable bonds is 4. The molecule has 2 N–H and O–H groups in total. The van der Waals surface area contributed by atoms with E-state index in [9.17, 15) is 14.7 Å². The molecular weight excluding hydrogens is 272 g/mol. The molecular formula is C15H18N2O4. The summed E-state index contributed by atoms with van der Waals surface area (Å²) in [5.41, 5.74) is -0.367. The maximum atomic E-state index is 12.3. The Labute approximate surface area is 123 Å². The third-order valence-electron chi connectivity index (χ3n) is 2.99. The van der Waals surface area contributed by atoms with E-state index in [0.717, 1.165) is 0 Å². The minimum Gasteiger partial charge on any atom is -0.495 e. The molecule has 1 rings (SSSR count). The largest absolute Gasteiger partial charge is 0.495 e. The van der Waals surface area contributed by atoms with E-state index in [0.29, 0.717) is 5.75 Å². The van der Waals surface area contributed by atoms with E-state index in [1.165, 1.54) is 13.2 Å². The Hall–Kier alpha value is -2.55. The van der Waals surface area contributed by atoms with Crippen LogP contribution in [-0.4, -0.2) is 24.1 Å². The van der Waals surface area contributed by atoms with Crippen molar-refractivity contribution in [1.82, 2.24) is 0 Å². The van der Waals surface area contributed by atoms with Crippen LogP contribution in [-0.2, 0) is 9.59 Å². The summed E-state index contributed by atoms with van der Waals surface area (Å²) in [6, 6.07) is 6.66.